The van der Waals surface area contributed by atoms with Crippen molar-refractivity contribution in [1.82, 2.24) is 4.90 Å². The maximum Gasteiger partial charge on any atom is 0.319 e. The zero-order chi connectivity index (χ0) is 17.4. The van der Waals surface area contributed by atoms with Crippen LogP contribution in [0.3, 0.4) is 0 Å². The Bertz CT molecular complexity index is 501. The summed E-state index contributed by atoms with van der Waals surface area (Å²) in [5.41, 5.74) is 0.370. The summed E-state index contributed by atoms with van der Waals surface area (Å²) in [6, 6.07) is 10.0. The van der Waals surface area contributed by atoms with Crippen LogP contribution in [0, 0.1) is 0 Å². The van der Waals surface area contributed by atoms with Crippen molar-refractivity contribution in [3.05, 3.63) is 35.9 Å². The smallest absolute Gasteiger partial charge is 0.319 e. The number of nitrogens with zero attached hydrogens (tertiary/aromatic N) is 1. The molecule has 1 aliphatic carbocycles. The summed E-state index contributed by atoms with van der Waals surface area (Å²) in [6.45, 7) is 10.2. The van der Waals surface area contributed by atoms with Gasteiger partial charge in [-0.3, -0.25) is 4.79 Å². The minimum Gasteiger partial charge on any atom is -0.465 e. The number of likely N-dealkylation sites (N-methyl/N-ethyl adjacent to an activating group) is 1. The highest BCUT2D eigenvalue weighted by molar-refractivity contribution is 5.84. The lowest BCUT2D eigenvalue weighted by Gasteiger charge is -2.34. The van der Waals surface area contributed by atoms with E-state index in [0.717, 1.165) is 44.5 Å². The number of hydrogen-bond donors (Lipinski definition) is 0. The van der Waals surface area contributed by atoms with Crippen molar-refractivity contribution in [2.75, 3.05) is 32.8 Å². The van der Waals surface area contributed by atoms with Gasteiger partial charge in [-0.15, -0.1) is 0 Å². The van der Waals surface area contributed by atoms with E-state index in [1.165, 1.54) is 0 Å². The number of benzene rings is 1. The lowest BCUT2D eigenvalue weighted by Crippen LogP contribution is -2.46. The molecular weight excluding hydrogens is 302 g/mol. The molecule has 0 bridgehead atoms. The zero-order valence-corrected chi connectivity index (χ0v) is 15.3. The Balaban J connectivity index is 2.17. The highest BCUT2D eigenvalue weighted by Gasteiger charge is 2.52. The van der Waals surface area contributed by atoms with Gasteiger partial charge >= 0.3 is 5.97 Å². The molecule has 0 radical (unpaired) electrons. The highest BCUT2D eigenvalue weighted by atomic mass is 16.5. The number of hydrogen-bond acceptors (Lipinski definition) is 4. The fourth-order valence-electron chi connectivity index (χ4n) is 3.74. The van der Waals surface area contributed by atoms with Crippen LogP contribution in [0.4, 0.5) is 0 Å². The maximum atomic E-state index is 12.9. The molecule has 1 fully saturated rings. The van der Waals surface area contributed by atoms with Crippen molar-refractivity contribution in [3.63, 3.8) is 0 Å². The molecule has 4 nitrogen and oxygen atoms in total. The second-order valence-electron chi connectivity index (χ2n) is 6.34. The Labute approximate surface area is 146 Å². The molecule has 0 saturated heterocycles. The molecule has 0 aromatic heterocycles. The zero-order valence-electron chi connectivity index (χ0n) is 15.3. The third-order valence-electron chi connectivity index (χ3n) is 5.14. The summed E-state index contributed by atoms with van der Waals surface area (Å²) in [5.74, 6) is -0.137. The molecule has 4 heteroatoms. The summed E-state index contributed by atoms with van der Waals surface area (Å²) in [5, 5.41) is 0. The average Bonchev–Trinajstić information content (AvgIpc) is 3.04. The molecule has 2 atom stereocenters. The SMILES string of the molecule is CCOC(=O)C1(c2ccccc2)CCCC1OCCN(CC)CC. The van der Waals surface area contributed by atoms with Crippen LogP contribution in [0.25, 0.3) is 0 Å². The number of esters is 1. The lowest BCUT2D eigenvalue weighted by molar-refractivity contribution is -0.156. The van der Waals surface area contributed by atoms with Crippen LogP contribution < -0.4 is 0 Å². The van der Waals surface area contributed by atoms with E-state index < -0.39 is 5.41 Å². The minimum atomic E-state index is -0.652. The van der Waals surface area contributed by atoms with Crippen LogP contribution in [-0.4, -0.2) is 49.8 Å². The van der Waals surface area contributed by atoms with Gasteiger partial charge in [0.15, 0.2) is 0 Å². The van der Waals surface area contributed by atoms with Gasteiger partial charge in [0.05, 0.1) is 19.3 Å². The molecule has 0 N–H and O–H groups in total. The van der Waals surface area contributed by atoms with Crippen LogP contribution >= 0.6 is 0 Å². The molecule has 134 valence electrons. The van der Waals surface area contributed by atoms with Crippen LogP contribution in [0.5, 0.6) is 0 Å². The van der Waals surface area contributed by atoms with Crippen molar-refractivity contribution in [2.24, 2.45) is 0 Å². The average molecular weight is 333 g/mol. The van der Waals surface area contributed by atoms with Crippen molar-refractivity contribution < 1.29 is 14.3 Å². The number of ether oxygens (including phenoxy) is 2. The topological polar surface area (TPSA) is 38.8 Å². The van der Waals surface area contributed by atoms with Crippen LogP contribution in [0.1, 0.15) is 45.6 Å². The molecule has 2 unspecified atom stereocenters. The largest absolute Gasteiger partial charge is 0.465 e. The minimum absolute atomic E-state index is 0.102. The van der Waals surface area contributed by atoms with E-state index >= 15 is 0 Å². The van der Waals surface area contributed by atoms with Gasteiger partial charge in [0.25, 0.3) is 0 Å². The predicted octanol–water partition coefficient (Wildman–Crippen LogP) is 3.40. The van der Waals surface area contributed by atoms with E-state index in [1.54, 1.807) is 0 Å². The van der Waals surface area contributed by atoms with Crippen LogP contribution in [-0.2, 0) is 19.7 Å². The molecule has 1 aromatic carbocycles. The Hall–Kier alpha value is -1.39. The molecule has 24 heavy (non-hydrogen) atoms. The van der Waals surface area contributed by atoms with Gasteiger partial charge < -0.3 is 14.4 Å². The first kappa shape index (κ1) is 18.9. The lowest BCUT2D eigenvalue weighted by atomic mass is 9.77. The van der Waals surface area contributed by atoms with Crippen molar-refractivity contribution in [1.29, 1.82) is 0 Å². The van der Waals surface area contributed by atoms with Gasteiger partial charge in [0.1, 0.15) is 5.41 Å². The summed E-state index contributed by atoms with van der Waals surface area (Å²) in [7, 11) is 0. The van der Waals surface area contributed by atoms with Crippen molar-refractivity contribution >= 4 is 5.97 Å². The molecule has 1 aromatic rings. The van der Waals surface area contributed by atoms with Gasteiger partial charge in [0, 0.05) is 6.54 Å². The Morgan fingerprint density at radius 3 is 2.54 bits per heavy atom. The summed E-state index contributed by atoms with van der Waals surface area (Å²) in [6.07, 6.45) is 2.59. The van der Waals surface area contributed by atoms with E-state index in [1.807, 2.05) is 37.3 Å². The van der Waals surface area contributed by atoms with Crippen LogP contribution in [0.2, 0.25) is 0 Å². The van der Waals surface area contributed by atoms with Gasteiger partial charge in [-0.05, 0) is 44.8 Å². The summed E-state index contributed by atoms with van der Waals surface area (Å²) >= 11 is 0. The fourth-order valence-corrected chi connectivity index (χ4v) is 3.74. The molecule has 2 rings (SSSR count). The third-order valence-corrected chi connectivity index (χ3v) is 5.14. The monoisotopic (exact) mass is 333 g/mol. The third kappa shape index (κ3) is 3.98. The molecular formula is C20H31NO3. The predicted molar refractivity (Wildman–Crippen MR) is 96.1 cm³/mol. The first-order valence-electron chi connectivity index (χ1n) is 9.25. The maximum absolute atomic E-state index is 12.9. The second kappa shape index (κ2) is 9.19. The normalized spacial score (nSPS) is 23.6. The molecule has 1 saturated carbocycles. The summed E-state index contributed by atoms with van der Waals surface area (Å²) < 4.78 is 11.7. The van der Waals surface area contributed by atoms with Crippen LogP contribution in [0.15, 0.2) is 30.3 Å². The van der Waals surface area contributed by atoms with E-state index in [9.17, 15) is 4.79 Å². The number of carbonyl (C=O) groups excluding carboxylic acids is 1. The van der Waals surface area contributed by atoms with E-state index in [-0.39, 0.29) is 12.1 Å². The first-order chi connectivity index (χ1) is 11.7. The molecule has 0 amide bonds. The second-order valence-corrected chi connectivity index (χ2v) is 6.34. The Morgan fingerprint density at radius 2 is 1.92 bits per heavy atom. The Morgan fingerprint density at radius 1 is 1.21 bits per heavy atom. The van der Waals surface area contributed by atoms with Crippen molar-refractivity contribution in [3.8, 4) is 0 Å². The standard InChI is InChI=1S/C20H31NO3/c1-4-21(5-2)15-16-24-18-13-10-14-20(18,19(22)23-6-3)17-11-8-7-9-12-17/h7-9,11-12,18H,4-6,10,13-16H2,1-3H3. The van der Waals surface area contributed by atoms with E-state index in [2.05, 4.69) is 18.7 Å². The molecule has 0 heterocycles. The quantitative estimate of drug-likeness (QED) is 0.649. The first-order valence-corrected chi connectivity index (χ1v) is 9.25. The summed E-state index contributed by atoms with van der Waals surface area (Å²) in [4.78, 5) is 15.2. The van der Waals surface area contributed by atoms with Gasteiger partial charge in [0.2, 0.25) is 0 Å². The molecule has 0 aliphatic heterocycles. The molecule has 1 aliphatic rings. The van der Waals surface area contributed by atoms with E-state index in [4.69, 9.17) is 9.47 Å². The van der Waals surface area contributed by atoms with Gasteiger partial charge in [-0.2, -0.15) is 0 Å². The number of carbonyl (C=O) groups is 1. The number of rotatable bonds is 9. The van der Waals surface area contributed by atoms with Gasteiger partial charge in [-0.1, -0.05) is 44.2 Å². The highest BCUT2D eigenvalue weighted by Crippen LogP contribution is 2.44. The fraction of sp³-hybridized carbons (Fsp3) is 0.650. The van der Waals surface area contributed by atoms with E-state index in [0.29, 0.717) is 13.2 Å². The van der Waals surface area contributed by atoms with Crippen molar-refractivity contribution in [2.45, 2.75) is 51.6 Å². The Kier molecular flexibility index (Phi) is 7.25. The molecule has 0 spiro atoms. The van der Waals surface area contributed by atoms with Gasteiger partial charge in [-0.25, -0.2) is 0 Å².